The molecule has 0 saturated carbocycles. The average molecular weight is 489 g/mol. The van der Waals surface area contributed by atoms with Crippen LogP contribution >= 0.6 is 22.9 Å². The highest BCUT2D eigenvalue weighted by Gasteiger charge is 2.31. The van der Waals surface area contributed by atoms with Crippen molar-refractivity contribution in [1.82, 2.24) is 24.5 Å². The Hall–Kier alpha value is -3.49. The van der Waals surface area contributed by atoms with Gasteiger partial charge in [-0.05, 0) is 48.7 Å². The lowest BCUT2D eigenvalue weighted by Gasteiger charge is -2.40. The first-order valence-corrected chi connectivity index (χ1v) is 12.3. The van der Waals surface area contributed by atoms with Crippen LogP contribution in [0.1, 0.15) is 17.3 Å². The predicted octanol–water partition coefficient (Wildman–Crippen LogP) is 5.01. The molecule has 34 heavy (non-hydrogen) atoms. The largest absolute Gasteiger partial charge is 0.338 e. The van der Waals surface area contributed by atoms with Crippen molar-refractivity contribution < 1.29 is 4.79 Å². The van der Waals surface area contributed by atoms with Gasteiger partial charge in [0.15, 0.2) is 11.5 Å². The molecule has 1 unspecified atom stereocenters. The number of amides is 1. The van der Waals surface area contributed by atoms with E-state index in [0.29, 0.717) is 30.2 Å². The Bertz CT molecular complexity index is 1500. The molecule has 9 heteroatoms. The summed E-state index contributed by atoms with van der Waals surface area (Å²) in [5, 5.41) is 12.6. The summed E-state index contributed by atoms with van der Waals surface area (Å²) in [6.07, 6.45) is 0. The minimum Gasteiger partial charge on any atom is -0.338 e. The van der Waals surface area contributed by atoms with Crippen molar-refractivity contribution in [2.24, 2.45) is 0 Å². The Morgan fingerprint density at radius 2 is 1.91 bits per heavy atom. The first-order valence-electron chi connectivity index (χ1n) is 11.1. The number of benzene rings is 2. The number of aromatic nitrogens is 4. The van der Waals surface area contributed by atoms with E-state index in [0.717, 1.165) is 33.2 Å². The van der Waals surface area contributed by atoms with Gasteiger partial charge in [-0.1, -0.05) is 35.9 Å². The van der Waals surface area contributed by atoms with Crippen LogP contribution in [0.3, 0.4) is 0 Å². The first kappa shape index (κ1) is 21.1. The van der Waals surface area contributed by atoms with Gasteiger partial charge in [-0.15, -0.1) is 21.5 Å². The summed E-state index contributed by atoms with van der Waals surface area (Å²) in [6, 6.07) is 19.1. The Morgan fingerprint density at radius 1 is 1.06 bits per heavy atom. The van der Waals surface area contributed by atoms with E-state index in [9.17, 15) is 4.79 Å². The molecular formula is C25H21ClN6OS. The molecule has 0 aliphatic carbocycles. The summed E-state index contributed by atoms with van der Waals surface area (Å²) < 4.78 is 2.03. The van der Waals surface area contributed by atoms with Crippen molar-refractivity contribution in [2.75, 3.05) is 24.5 Å². The smallest absolute Gasteiger partial charge is 0.254 e. The fraction of sp³-hybridized carbons (Fsp3) is 0.200. The average Bonchev–Trinajstić information content (AvgIpc) is 3.54. The van der Waals surface area contributed by atoms with E-state index in [2.05, 4.69) is 22.0 Å². The van der Waals surface area contributed by atoms with E-state index in [4.69, 9.17) is 16.6 Å². The zero-order valence-electron chi connectivity index (χ0n) is 18.4. The van der Waals surface area contributed by atoms with Crippen molar-refractivity contribution in [2.45, 2.75) is 13.0 Å². The van der Waals surface area contributed by atoms with Crippen molar-refractivity contribution in [3.05, 3.63) is 76.6 Å². The van der Waals surface area contributed by atoms with Crippen molar-refractivity contribution in [1.29, 1.82) is 0 Å². The van der Waals surface area contributed by atoms with E-state index in [1.165, 1.54) is 0 Å². The predicted molar refractivity (Wildman–Crippen MR) is 136 cm³/mol. The standard InChI is InChI=1S/C25H21ClN6OS/c1-16-15-30(11-12-31(16)24(33)17-6-3-2-4-7-17)25-27-20-14-18(26)9-10-19(20)22-28-29-23(32(22)25)21-8-5-13-34-21/h2-10,13-14,16H,11-12,15H2,1H3. The molecule has 3 aromatic heterocycles. The molecule has 1 aliphatic heterocycles. The lowest BCUT2D eigenvalue weighted by atomic mass is 10.1. The monoisotopic (exact) mass is 488 g/mol. The van der Waals surface area contributed by atoms with Gasteiger partial charge in [0.05, 0.1) is 10.4 Å². The van der Waals surface area contributed by atoms with E-state index in [1.807, 2.05) is 75.3 Å². The first-order chi connectivity index (χ1) is 16.6. The zero-order chi connectivity index (χ0) is 23.2. The van der Waals surface area contributed by atoms with Gasteiger partial charge in [0.1, 0.15) is 0 Å². The van der Waals surface area contributed by atoms with Gasteiger partial charge < -0.3 is 9.80 Å². The topological polar surface area (TPSA) is 66.6 Å². The van der Waals surface area contributed by atoms with Crippen molar-refractivity contribution in [3.63, 3.8) is 0 Å². The van der Waals surface area contributed by atoms with Gasteiger partial charge in [-0.25, -0.2) is 9.38 Å². The summed E-state index contributed by atoms with van der Waals surface area (Å²) in [6.45, 7) is 3.98. The number of hydrogen-bond acceptors (Lipinski definition) is 6. The third-order valence-electron chi connectivity index (χ3n) is 6.22. The number of carbonyl (C=O) groups is 1. The van der Waals surface area contributed by atoms with Crippen LogP contribution in [0.5, 0.6) is 0 Å². The van der Waals surface area contributed by atoms with Crippen molar-refractivity contribution in [3.8, 4) is 10.7 Å². The van der Waals surface area contributed by atoms with E-state index in [-0.39, 0.29) is 11.9 Å². The van der Waals surface area contributed by atoms with Crippen LogP contribution in [0.2, 0.25) is 5.02 Å². The molecule has 0 radical (unpaired) electrons. The second kappa shape index (κ2) is 8.38. The Kier molecular flexibility index (Phi) is 5.19. The van der Waals surface area contributed by atoms with Crippen LogP contribution < -0.4 is 4.90 Å². The molecule has 2 aromatic carbocycles. The minimum absolute atomic E-state index is 0.00929. The molecule has 0 spiro atoms. The molecule has 6 rings (SSSR count). The Labute approximate surface area is 205 Å². The van der Waals surface area contributed by atoms with Gasteiger partial charge >= 0.3 is 0 Å². The SMILES string of the molecule is CC1CN(c2nc3cc(Cl)ccc3c3nnc(-c4cccs4)n23)CCN1C(=O)c1ccccc1. The van der Waals surface area contributed by atoms with Crippen LogP contribution in [-0.4, -0.2) is 56.1 Å². The Balaban J connectivity index is 1.43. The normalized spacial score (nSPS) is 16.5. The quantitative estimate of drug-likeness (QED) is 0.357. The third kappa shape index (κ3) is 3.50. The van der Waals surface area contributed by atoms with Gasteiger partial charge in [-0.3, -0.25) is 4.79 Å². The molecule has 170 valence electrons. The number of halogens is 1. The molecule has 1 saturated heterocycles. The van der Waals surface area contributed by atoms with Crippen LogP contribution in [0, 0.1) is 0 Å². The fourth-order valence-electron chi connectivity index (χ4n) is 4.56. The highest BCUT2D eigenvalue weighted by atomic mass is 35.5. The number of fused-ring (bicyclic) bond motifs is 3. The second-order valence-electron chi connectivity index (χ2n) is 8.39. The molecule has 0 N–H and O–H groups in total. The minimum atomic E-state index is 0.00929. The second-order valence-corrected chi connectivity index (χ2v) is 9.78. The summed E-state index contributed by atoms with van der Waals surface area (Å²) in [7, 11) is 0. The number of thiophene rings is 1. The molecule has 0 bridgehead atoms. The zero-order valence-corrected chi connectivity index (χ0v) is 20.0. The molecule has 4 heterocycles. The highest BCUT2D eigenvalue weighted by Crippen LogP contribution is 2.32. The molecule has 5 aromatic rings. The van der Waals surface area contributed by atoms with E-state index < -0.39 is 0 Å². The summed E-state index contributed by atoms with van der Waals surface area (Å²) >= 11 is 7.91. The van der Waals surface area contributed by atoms with Crippen molar-refractivity contribution >= 4 is 51.3 Å². The number of piperazine rings is 1. The van der Waals surface area contributed by atoms with E-state index >= 15 is 0 Å². The van der Waals surface area contributed by atoms with Gasteiger partial charge in [-0.2, -0.15) is 0 Å². The number of hydrogen-bond donors (Lipinski definition) is 0. The number of anilines is 1. The molecular weight excluding hydrogens is 468 g/mol. The van der Waals surface area contributed by atoms with Crippen LogP contribution in [0.4, 0.5) is 5.95 Å². The lowest BCUT2D eigenvalue weighted by Crippen LogP contribution is -2.54. The number of nitrogens with zero attached hydrogens (tertiary/aromatic N) is 6. The number of rotatable bonds is 3. The van der Waals surface area contributed by atoms with E-state index in [1.54, 1.807) is 11.3 Å². The maximum Gasteiger partial charge on any atom is 0.254 e. The molecule has 1 fully saturated rings. The molecule has 1 atom stereocenters. The molecule has 1 amide bonds. The highest BCUT2D eigenvalue weighted by molar-refractivity contribution is 7.13. The summed E-state index contributed by atoms with van der Waals surface area (Å²) in [4.78, 5) is 23.3. The molecule has 7 nitrogen and oxygen atoms in total. The van der Waals surface area contributed by atoms with Gasteiger partial charge in [0.25, 0.3) is 5.91 Å². The maximum absolute atomic E-state index is 13.1. The van der Waals surface area contributed by atoms with Crippen LogP contribution in [-0.2, 0) is 0 Å². The number of carbonyl (C=O) groups excluding carboxylic acids is 1. The van der Waals surface area contributed by atoms with Crippen LogP contribution in [0.15, 0.2) is 66.0 Å². The van der Waals surface area contributed by atoms with Gasteiger partial charge in [0, 0.05) is 41.6 Å². The molecule has 1 aliphatic rings. The van der Waals surface area contributed by atoms with Gasteiger partial charge in [0.2, 0.25) is 5.95 Å². The Morgan fingerprint density at radius 3 is 2.68 bits per heavy atom. The third-order valence-corrected chi connectivity index (χ3v) is 7.32. The van der Waals surface area contributed by atoms with Crippen LogP contribution in [0.25, 0.3) is 27.3 Å². The summed E-state index contributed by atoms with van der Waals surface area (Å²) in [5.41, 5.74) is 2.23. The fourth-order valence-corrected chi connectivity index (χ4v) is 5.42. The summed E-state index contributed by atoms with van der Waals surface area (Å²) in [5.74, 6) is 1.58. The maximum atomic E-state index is 13.1. The lowest BCUT2D eigenvalue weighted by molar-refractivity contribution is 0.0673.